The van der Waals surface area contributed by atoms with Gasteiger partial charge < -0.3 is 10.2 Å². The molecule has 0 amide bonds. The van der Waals surface area contributed by atoms with Crippen LogP contribution in [0.3, 0.4) is 0 Å². The SMILES string of the molecule is CCCc1ccccc1N1CC(C)NCC1CC. The number of nitrogens with zero attached hydrogens (tertiary/aromatic N) is 1. The van der Waals surface area contributed by atoms with E-state index in [2.05, 4.69) is 55.3 Å². The van der Waals surface area contributed by atoms with Gasteiger partial charge in [-0.25, -0.2) is 0 Å². The second kappa shape index (κ2) is 6.24. The molecule has 1 aliphatic heterocycles. The number of para-hydroxylation sites is 1. The monoisotopic (exact) mass is 246 g/mol. The van der Waals surface area contributed by atoms with Gasteiger partial charge in [0.1, 0.15) is 0 Å². The van der Waals surface area contributed by atoms with E-state index >= 15 is 0 Å². The van der Waals surface area contributed by atoms with Crippen LogP contribution in [0.2, 0.25) is 0 Å². The van der Waals surface area contributed by atoms with Crippen LogP contribution < -0.4 is 10.2 Å². The molecule has 0 spiro atoms. The molecule has 1 fully saturated rings. The topological polar surface area (TPSA) is 15.3 Å². The quantitative estimate of drug-likeness (QED) is 0.877. The summed E-state index contributed by atoms with van der Waals surface area (Å²) in [6.07, 6.45) is 3.61. The van der Waals surface area contributed by atoms with Crippen molar-refractivity contribution in [3.05, 3.63) is 29.8 Å². The van der Waals surface area contributed by atoms with E-state index in [4.69, 9.17) is 0 Å². The Labute approximate surface area is 111 Å². The summed E-state index contributed by atoms with van der Waals surface area (Å²) in [6.45, 7) is 9.06. The summed E-state index contributed by atoms with van der Waals surface area (Å²) in [5.41, 5.74) is 2.96. The molecule has 1 heterocycles. The molecule has 0 radical (unpaired) electrons. The number of piperazine rings is 1. The molecule has 1 aromatic rings. The Bertz CT molecular complexity index is 375. The normalized spacial score (nSPS) is 24.3. The predicted molar refractivity (Wildman–Crippen MR) is 79.3 cm³/mol. The third-order valence-corrected chi connectivity index (χ3v) is 3.90. The van der Waals surface area contributed by atoms with E-state index in [1.807, 2.05) is 0 Å². The van der Waals surface area contributed by atoms with E-state index in [-0.39, 0.29) is 0 Å². The molecule has 0 aliphatic carbocycles. The Kier molecular flexibility index (Phi) is 4.65. The Hall–Kier alpha value is -1.02. The zero-order chi connectivity index (χ0) is 13.0. The first kappa shape index (κ1) is 13.4. The minimum absolute atomic E-state index is 0.586. The maximum absolute atomic E-state index is 3.59. The van der Waals surface area contributed by atoms with Gasteiger partial charge in [0.25, 0.3) is 0 Å². The Balaban J connectivity index is 2.26. The number of hydrogen-bond donors (Lipinski definition) is 1. The zero-order valence-corrected chi connectivity index (χ0v) is 11.9. The minimum atomic E-state index is 0.586. The summed E-state index contributed by atoms with van der Waals surface area (Å²) in [4.78, 5) is 2.62. The summed E-state index contributed by atoms with van der Waals surface area (Å²) >= 11 is 0. The average molecular weight is 246 g/mol. The molecule has 1 N–H and O–H groups in total. The van der Waals surface area contributed by atoms with E-state index in [0.29, 0.717) is 12.1 Å². The van der Waals surface area contributed by atoms with Crippen LogP contribution in [-0.4, -0.2) is 25.2 Å². The van der Waals surface area contributed by atoms with Crippen LogP contribution in [0.5, 0.6) is 0 Å². The fourth-order valence-electron chi connectivity index (χ4n) is 2.89. The molecule has 1 aromatic carbocycles. The second-order valence-corrected chi connectivity index (χ2v) is 5.40. The number of rotatable bonds is 4. The number of benzene rings is 1. The minimum Gasteiger partial charge on any atom is -0.366 e. The van der Waals surface area contributed by atoms with Gasteiger partial charge >= 0.3 is 0 Å². The molecule has 0 saturated carbocycles. The van der Waals surface area contributed by atoms with Gasteiger partial charge in [-0.2, -0.15) is 0 Å². The highest BCUT2D eigenvalue weighted by atomic mass is 15.2. The maximum Gasteiger partial charge on any atom is 0.0412 e. The van der Waals surface area contributed by atoms with Gasteiger partial charge in [-0.3, -0.25) is 0 Å². The molecule has 18 heavy (non-hydrogen) atoms. The van der Waals surface area contributed by atoms with Crippen LogP contribution in [0.15, 0.2) is 24.3 Å². The van der Waals surface area contributed by atoms with E-state index in [1.165, 1.54) is 30.5 Å². The van der Waals surface area contributed by atoms with Crippen molar-refractivity contribution >= 4 is 5.69 Å². The van der Waals surface area contributed by atoms with Crippen molar-refractivity contribution in [3.8, 4) is 0 Å². The fraction of sp³-hybridized carbons (Fsp3) is 0.625. The maximum atomic E-state index is 3.59. The second-order valence-electron chi connectivity index (χ2n) is 5.40. The Morgan fingerprint density at radius 2 is 2.06 bits per heavy atom. The van der Waals surface area contributed by atoms with E-state index < -0.39 is 0 Å². The van der Waals surface area contributed by atoms with Gasteiger partial charge in [0.05, 0.1) is 0 Å². The van der Waals surface area contributed by atoms with E-state index in [0.717, 1.165) is 13.1 Å². The number of aryl methyl sites for hydroxylation is 1. The molecule has 2 atom stereocenters. The molecule has 0 bridgehead atoms. The van der Waals surface area contributed by atoms with E-state index in [9.17, 15) is 0 Å². The molecule has 2 unspecified atom stereocenters. The van der Waals surface area contributed by atoms with Crippen LogP contribution in [0.1, 0.15) is 39.2 Å². The average Bonchev–Trinajstić information content (AvgIpc) is 2.40. The molecule has 1 aliphatic rings. The third kappa shape index (κ3) is 2.86. The first-order chi connectivity index (χ1) is 8.76. The van der Waals surface area contributed by atoms with Crippen LogP contribution in [-0.2, 0) is 6.42 Å². The summed E-state index contributed by atoms with van der Waals surface area (Å²) in [7, 11) is 0. The van der Waals surface area contributed by atoms with Crippen molar-refractivity contribution in [1.29, 1.82) is 0 Å². The molecule has 2 nitrogen and oxygen atoms in total. The number of anilines is 1. The Morgan fingerprint density at radius 1 is 1.28 bits per heavy atom. The molecule has 2 rings (SSSR count). The zero-order valence-electron chi connectivity index (χ0n) is 11.9. The summed E-state index contributed by atoms with van der Waals surface area (Å²) < 4.78 is 0. The van der Waals surface area contributed by atoms with Crippen molar-refractivity contribution < 1.29 is 0 Å². The van der Waals surface area contributed by atoms with Crippen molar-refractivity contribution in [2.24, 2.45) is 0 Å². The lowest BCUT2D eigenvalue weighted by atomic mass is 10.0. The summed E-state index contributed by atoms with van der Waals surface area (Å²) in [5.74, 6) is 0. The fourth-order valence-corrected chi connectivity index (χ4v) is 2.89. The number of hydrogen-bond acceptors (Lipinski definition) is 2. The molecule has 1 saturated heterocycles. The van der Waals surface area contributed by atoms with Crippen molar-refractivity contribution in [1.82, 2.24) is 5.32 Å². The molecule has 100 valence electrons. The van der Waals surface area contributed by atoms with Crippen LogP contribution in [0, 0.1) is 0 Å². The summed E-state index contributed by atoms with van der Waals surface area (Å²) in [5, 5.41) is 3.59. The molecule has 0 aromatic heterocycles. The lowest BCUT2D eigenvalue weighted by Gasteiger charge is -2.41. The van der Waals surface area contributed by atoms with Crippen molar-refractivity contribution in [2.75, 3.05) is 18.0 Å². The van der Waals surface area contributed by atoms with Crippen molar-refractivity contribution in [3.63, 3.8) is 0 Å². The van der Waals surface area contributed by atoms with Gasteiger partial charge in [-0.05, 0) is 31.4 Å². The highest BCUT2D eigenvalue weighted by Crippen LogP contribution is 2.26. The molecular weight excluding hydrogens is 220 g/mol. The first-order valence-electron chi connectivity index (χ1n) is 7.34. The van der Waals surface area contributed by atoms with Gasteiger partial charge in [0.15, 0.2) is 0 Å². The van der Waals surface area contributed by atoms with Gasteiger partial charge in [-0.15, -0.1) is 0 Å². The van der Waals surface area contributed by atoms with Gasteiger partial charge in [-0.1, -0.05) is 38.5 Å². The highest BCUT2D eigenvalue weighted by Gasteiger charge is 2.25. The van der Waals surface area contributed by atoms with Gasteiger partial charge in [0.2, 0.25) is 0 Å². The lowest BCUT2D eigenvalue weighted by Crippen LogP contribution is -2.55. The van der Waals surface area contributed by atoms with Gasteiger partial charge in [0, 0.05) is 30.9 Å². The predicted octanol–water partition coefficient (Wildman–Crippen LogP) is 3.22. The van der Waals surface area contributed by atoms with Crippen molar-refractivity contribution in [2.45, 2.75) is 52.1 Å². The highest BCUT2D eigenvalue weighted by molar-refractivity contribution is 5.55. The Morgan fingerprint density at radius 3 is 2.78 bits per heavy atom. The summed E-state index contributed by atoms with van der Waals surface area (Å²) in [6, 6.07) is 10.2. The molecule has 2 heteroatoms. The first-order valence-corrected chi connectivity index (χ1v) is 7.34. The van der Waals surface area contributed by atoms with Crippen LogP contribution in [0.25, 0.3) is 0 Å². The standard InChI is InChI=1S/C16H26N2/c1-4-8-14-9-6-7-10-16(14)18-12-13(3)17-11-15(18)5-2/h6-7,9-10,13,15,17H,4-5,8,11-12H2,1-3H3. The lowest BCUT2D eigenvalue weighted by molar-refractivity contribution is 0.402. The third-order valence-electron chi connectivity index (χ3n) is 3.90. The molecular formula is C16H26N2. The largest absolute Gasteiger partial charge is 0.366 e. The van der Waals surface area contributed by atoms with Crippen LogP contribution in [0.4, 0.5) is 5.69 Å². The number of nitrogens with one attached hydrogen (secondary N) is 1. The van der Waals surface area contributed by atoms with Crippen LogP contribution >= 0.6 is 0 Å². The smallest absolute Gasteiger partial charge is 0.0412 e. The van der Waals surface area contributed by atoms with E-state index in [1.54, 1.807) is 0 Å².